The Bertz CT molecular complexity index is 539. The molecule has 0 aliphatic rings. The van der Waals surface area contributed by atoms with Gasteiger partial charge < -0.3 is 5.32 Å². The predicted molar refractivity (Wildman–Crippen MR) is 82.7 cm³/mol. The highest BCUT2D eigenvalue weighted by atomic mass is 35.5. The minimum absolute atomic E-state index is 0.617. The number of para-hydroxylation sites is 1. The van der Waals surface area contributed by atoms with Crippen LogP contribution in [0.25, 0.3) is 10.9 Å². The Labute approximate surface area is 120 Å². The zero-order valence-electron chi connectivity index (χ0n) is 11.6. The molecule has 1 unspecified atom stereocenters. The molecule has 0 aliphatic heterocycles. The molecule has 0 radical (unpaired) electrons. The Morgan fingerprint density at radius 2 is 2.11 bits per heavy atom. The molecule has 1 atom stereocenters. The van der Waals surface area contributed by atoms with Gasteiger partial charge in [0, 0.05) is 23.5 Å². The first-order valence-corrected chi connectivity index (χ1v) is 7.36. The third kappa shape index (κ3) is 3.92. The van der Waals surface area contributed by atoms with Crippen molar-refractivity contribution in [3.63, 3.8) is 0 Å². The van der Waals surface area contributed by atoms with E-state index in [9.17, 15) is 0 Å². The second-order valence-corrected chi connectivity index (χ2v) is 5.53. The molecule has 0 amide bonds. The van der Waals surface area contributed by atoms with Gasteiger partial charge in [0.25, 0.3) is 0 Å². The van der Waals surface area contributed by atoms with E-state index in [-0.39, 0.29) is 0 Å². The summed E-state index contributed by atoms with van der Waals surface area (Å²) < 4.78 is 0. The largest absolute Gasteiger partial charge is 0.312 e. The fourth-order valence-corrected chi connectivity index (χ4v) is 2.66. The van der Waals surface area contributed by atoms with Crippen molar-refractivity contribution in [3.05, 3.63) is 41.6 Å². The molecule has 1 heterocycles. The van der Waals surface area contributed by atoms with Gasteiger partial charge in [0.05, 0.1) is 5.52 Å². The van der Waals surface area contributed by atoms with E-state index in [1.807, 2.05) is 13.0 Å². The predicted octanol–water partition coefficient (Wildman–Crippen LogP) is 3.90. The molecule has 2 aromatic rings. The molecule has 1 aromatic heterocycles. The highest BCUT2D eigenvalue weighted by Crippen LogP contribution is 2.18. The van der Waals surface area contributed by atoms with E-state index in [0.29, 0.717) is 5.92 Å². The van der Waals surface area contributed by atoms with Crippen LogP contribution in [0.3, 0.4) is 0 Å². The summed E-state index contributed by atoms with van der Waals surface area (Å²) in [5.74, 6) is 1.35. The summed E-state index contributed by atoms with van der Waals surface area (Å²) in [4.78, 5) is 4.56. The van der Waals surface area contributed by atoms with Crippen LogP contribution in [-0.4, -0.2) is 17.4 Å². The van der Waals surface area contributed by atoms with Gasteiger partial charge in [0.2, 0.25) is 0 Å². The maximum absolute atomic E-state index is 5.76. The number of nitrogens with zero attached hydrogens (tertiary/aromatic N) is 1. The average molecular weight is 277 g/mol. The first-order valence-electron chi connectivity index (χ1n) is 6.82. The molecule has 2 nitrogen and oxygen atoms in total. The van der Waals surface area contributed by atoms with Crippen molar-refractivity contribution >= 4 is 22.5 Å². The first-order chi connectivity index (χ1) is 9.20. The second-order valence-electron chi connectivity index (χ2n) is 5.15. The number of hydrogen-bond acceptors (Lipinski definition) is 2. The summed E-state index contributed by atoms with van der Waals surface area (Å²) >= 11 is 5.76. The van der Waals surface area contributed by atoms with Crippen molar-refractivity contribution in [3.8, 4) is 0 Å². The molecular weight excluding hydrogens is 256 g/mol. The summed E-state index contributed by atoms with van der Waals surface area (Å²) in [6, 6.07) is 10.5. The van der Waals surface area contributed by atoms with Crippen LogP contribution in [-0.2, 0) is 6.54 Å². The average Bonchev–Trinajstić information content (AvgIpc) is 2.38. The van der Waals surface area contributed by atoms with E-state index >= 15 is 0 Å². The van der Waals surface area contributed by atoms with Crippen LogP contribution in [0.1, 0.15) is 24.6 Å². The smallest absolute Gasteiger partial charge is 0.0708 e. The molecule has 1 aromatic carbocycles. The minimum atomic E-state index is 0.617. The van der Waals surface area contributed by atoms with Gasteiger partial charge >= 0.3 is 0 Å². The van der Waals surface area contributed by atoms with Gasteiger partial charge in [0.15, 0.2) is 0 Å². The summed E-state index contributed by atoms with van der Waals surface area (Å²) in [5.41, 5.74) is 3.47. The Balaban J connectivity index is 2.08. The molecular formula is C16H21ClN2. The van der Waals surface area contributed by atoms with Crippen LogP contribution in [0.5, 0.6) is 0 Å². The number of pyridine rings is 1. The van der Waals surface area contributed by atoms with E-state index in [4.69, 9.17) is 11.6 Å². The highest BCUT2D eigenvalue weighted by molar-refractivity contribution is 6.17. The molecule has 0 fully saturated rings. The van der Waals surface area contributed by atoms with Gasteiger partial charge in [0.1, 0.15) is 0 Å². The summed E-state index contributed by atoms with van der Waals surface area (Å²) in [5, 5.41) is 4.76. The second kappa shape index (κ2) is 6.88. The Morgan fingerprint density at radius 3 is 2.89 bits per heavy atom. The van der Waals surface area contributed by atoms with Crippen LogP contribution in [0.2, 0.25) is 0 Å². The van der Waals surface area contributed by atoms with Crippen molar-refractivity contribution in [2.24, 2.45) is 5.92 Å². The number of halogens is 1. The third-order valence-corrected chi connectivity index (χ3v) is 3.56. The SMILES string of the molecule is Cc1cc(CNCC(C)CCCl)c2ccccc2n1. The molecule has 0 bridgehead atoms. The maximum atomic E-state index is 5.76. The summed E-state index contributed by atoms with van der Waals surface area (Å²) in [6.07, 6.45) is 1.06. The fourth-order valence-electron chi connectivity index (χ4n) is 2.28. The summed E-state index contributed by atoms with van der Waals surface area (Å²) in [7, 11) is 0. The van der Waals surface area contributed by atoms with Gasteiger partial charge in [-0.05, 0) is 43.5 Å². The lowest BCUT2D eigenvalue weighted by Crippen LogP contribution is -2.21. The van der Waals surface area contributed by atoms with Crippen LogP contribution < -0.4 is 5.32 Å². The number of aryl methyl sites for hydroxylation is 1. The molecule has 0 saturated carbocycles. The minimum Gasteiger partial charge on any atom is -0.312 e. The lowest BCUT2D eigenvalue weighted by atomic mass is 10.1. The normalized spacial score (nSPS) is 12.8. The maximum Gasteiger partial charge on any atom is 0.0708 e. The van der Waals surface area contributed by atoms with Crippen molar-refractivity contribution in [1.29, 1.82) is 0 Å². The monoisotopic (exact) mass is 276 g/mol. The number of aromatic nitrogens is 1. The topological polar surface area (TPSA) is 24.9 Å². The van der Waals surface area contributed by atoms with Crippen molar-refractivity contribution in [1.82, 2.24) is 10.3 Å². The van der Waals surface area contributed by atoms with Gasteiger partial charge in [-0.3, -0.25) is 4.98 Å². The lowest BCUT2D eigenvalue weighted by molar-refractivity contribution is 0.502. The number of nitrogens with one attached hydrogen (secondary N) is 1. The standard InChI is InChI=1S/C16H21ClN2/c1-12(7-8-17)10-18-11-14-9-13(2)19-16-6-4-3-5-15(14)16/h3-6,9,12,18H,7-8,10-11H2,1-2H3. The van der Waals surface area contributed by atoms with E-state index in [1.165, 1.54) is 10.9 Å². The molecule has 2 rings (SSSR count). The quantitative estimate of drug-likeness (QED) is 0.810. The Kier molecular flexibility index (Phi) is 5.17. The van der Waals surface area contributed by atoms with Gasteiger partial charge in [-0.15, -0.1) is 11.6 Å². The number of hydrogen-bond donors (Lipinski definition) is 1. The number of benzene rings is 1. The fraction of sp³-hybridized carbons (Fsp3) is 0.438. The highest BCUT2D eigenvalue weighted by Gasteiger charge is 2.05. The van der Waals surface area contributed by atoms with E-state index in [0.717, 1.165) is 36.6 Å². The zero-order chi connectivity index (χ0) is 13.7. The van der Waals surface area contributed by atoms with Gasteiger partial charge in [-0.1, -0.05) is 25.1 Å². The van der Waals surface area contributed by atoms with Gasteiger partial charge in [-0.2, -0.15) is 0 Å². The lowest BCUT2D eigenvalue weighted by Gasteiger charge is -2.12. The van der Waals surface area contributed by atoms with Crippen LogP contribution in [0, 0.1) is 12.8 Å². The van der Waals surface area contributed by atoms with E-state index in [1.54, 1.807) is 0 Å². The number of fused-ring (bicyclic) bond motifs is 1. The summed E-state index contributed by atoms with van der Waals surface area (Å²) in [6.45, 7) is 6.16. The Hall–Kier alpha value is -1.12. The Morgan fingerprint density at radius 1 is 1.32 bits per heavy atom. The van der Waals surface area contributed by atoms with Crippen molar-refractivity contribution in [2.45, 2.75) is 26.8 Å². The number of rotatable bonds is 6. The van der Waals surface area contributed by atoms with Gasteiger partial charge in [-0.25, -0.2) is 0 Å². The van der Waals surface area contributed by atoms with Crippen LogP contribution in [0.4, 0.5) is 0 Å². The number of alkyl halides is 1. The van der Waals surface area contributed by atoms with E-state index < -0.39 is 0 Å². The molecule has 1 N–H and O–H groups in total. The molecule has 0 saturated heterocycles. The van der Waals surface area contributed by atoms with E-state index in [2.05, 4.69) is 41.5 Å². The molecule has 102 valence electrons. The zero-order valence-corrected chi connectivity index (χ0v) is 12.4. The van der Waals surface area contributed by atoms with Crippen molar-refractivity contribution < 1.29 is 0 Å². The van der Waals surface area contributed by atoms with Crippen molar-refractivity contribution in [2.75, 3.05) is 12.4 Å². The molecule has 3 heteroatoms. The van der Waals surface area contributed by atoms with Crippen LogP contribution in [0.15, 0.2) is 30.3 Å². The molecule has 19 heavy (non-hydrogen) atoms. The molecule has 0 aliphatic carbocycles. The third-order valence-electron chi connectivity index (χ3n) is 3.34. The van der Waals surface area contributed by atoms with Crippen LogP contribution >= 0.6 is 11.6 Å². The molecule has 0 spiro atoms. The first kappa shape index (κ1) is 14.3.